The van der Waals surface area contributed by atoms with Gasteiger partial charge < -0.3 is 38.6 Å². The fourth-order valence-corrected chi connectivity index (χ4v) is 5.36. The number of ether oxygens (including phenoxy) is 6. The number of hydrogen-bond donors (Lipinski definition) is 2. The molecule has 1 fully saturated rings. The molecule has 2 aromatic heterocycles. The molecule has 2 aromatic rings. The molecule has 14 heteroatoms. The predicted molar refractivity (Wildman–Crippen MR) is 158 cm³/mol. The zero-order chi connectivity index (χ0) is 30.8. The van der Waals surface area contributed by atoms with Gasteiger partial charge in [0.05, 0.1) is 71.7 Å². The van der Waals surface area contributed by atoms with Crippen molar-refractivity contribution in [2.45, 2.75) is 128 Å². The van der Waals surface area contributed by atoms with E-state index in [0.717, 1.165) is 12.8 Å². The molecule has 4 rings (SSSR count). The largest absolute Gasteiger partial charge is 0.394 e. The minimum absolute atomic E-state index is 0.0791. The first-order chi connectivity index (χ1) is 21.7. The second-order valence-electron chi connectivity index (χ2n) is 11.5. The van der Waals surface area contributed by atoms with E-state index in [-0.39, 0.29) is 13.2 Å². The molecular weight excluding hydrogens is 572 g/mol. The van der Waals surface area contributed by atoms with Gasteiger partial charge in [0.2, 0.25) is 0 Å². The van der Waals surface area contributed by atoms with Gasteiger partial charge in [-0.25, -0.2) is 9.36 Å². The van der Waals surface area contributed by atoms with Gasteiger partial charge in [-0.15, -0.1) is 10.2 Å². The molecule has 1 saturated heterocycles. The van der Waals surface area contributed by atoms with E-state index in [2.05, 4.69) is 27.5 Å². The van der Waals surface area contributed by atoms with Gasteiger partial charge in [-0.2, -0.15) is 0 Å². The van der Waals surface area contributed by atoms with E-state index in [1.165, 1.54) is 51.4 Å². The highest BCUT2D eigenvalue weighted by atomic mass is 16.7. The molecule has 4 heterocycles. The van der Waals surface area contributed by atoms with E-state index in [9.17, 15) is 10.2 Å². The number of nitrogens with zero attached hydrogens (tertiary/aromatic N) is 6. The fourth-order valence-electron chi connectivity index (χ4n) is 5.36. The summed E-state index contributed by atoms with van der Waals surface area (Å²) in [6.45, 7) is 5.44. The van der Waals surface area contributed by atoms with Crippen LogP contribution in [0, 0.1) is 0 Å². The smallest absolute Gasteiger partial charge is 0.186 e. The number of aromatic nitrogens is 6. The Kier molecular flexibility index (Phi) is 16.0. The van der Waals surface area contributed by atoms with Crippen LogP contribution in [0.4, 0.5) is 0 Å². The van der Waals surface area contributed by atoms with Gasteiger partial charge in [0.25, 0.3) is 0 Å². The van der Waals surface area contributed by atoms with Crippen LogP contribution in [0.15, 0.2) is 12.4 Å². The van der Waals surface area contributed by atoms with Crippen molar-refractivity contribution in [3.05, 3.63) is 23.8 Å². The molecule has 0 aromatic carbocycles. The number of unbranched alkanes of at least 4 members (excludes halogenated alkanes) is 9. The molecule has 0 aliphatic carbocycles. The molecule has 4 bridgehead atoms. The van der Waals surface area contributed by atoms with Gasteiger partial charge >= 0.3 is 0 Å². The van der Waals surface area contributed by atoms with Gasteiger partial charge in [-0.05, 0) is 6.42 Å². The molecule has 2 N–H and O–H groups in total. The lowest BCUT2D eigenvalue weighted by Crippen LogP contribution is -2.60. The van der Waals surface area contributed by atoms with Gasteiger partial charge in [0.1, 0.15) is 35.8 Å². The fraction of sp³-hybridized carbons (Fsp3) is 0.867. The lowest BCUT2D eigenvalue weighted by atomic mass is 9.98. The van der Waals surface area contributed by atoms with Gasteiger partial charge in [0.15, 0.2) is 6.29 Å². The number of fused-ring (bicyclic) bond motifs is 5. The minimum Gasteiger partial charge on any atom is -0.394 e. The van der Waals surface area contributed by atoms with Crippen molar-refractivity contribution in [1.82, 2.24) is 30.0 Å². The Morgan fingerprint density at radius 2 is 1.32 bits per heavy atom. The van der Waals surface area contributed by atoms with Gasteiger partial charge in [0, 0.05) is 6.61 Å². The number of aliphatic hydroxyl groups is 2. The lowest BCUT2D eigenvalue weighted by Gasteiger charge is -2.43. The van der Waals surface area contributed by atoms with Crippen molar-refractivity contribution >= 4 is 0 Å². The summed E-state index contributed by atoms with van der Waals surface area (Å²) in [4.78, 5) is 0. The molecule has 0 unspecified atom stereocenters. The highest BCUT2D eigenvalue weighted by Gasteiger charge is 2.47. The Labute approximate surface area is 260 Å². The third kappa shape index (κ3) is 11.7. The van der Waals surface area contributed by atoms with Crippen LogP contribution in [0.25, 0.3) is 0 Å². The molecule has 0 saturated carbocycles. The average molecular weight is 625 g/mol. The summed E-state index contributed by atoms with van der Waals surface area (Å²) in [6.07, 6.45) is 11.2. The highest BCUT2D eigenvalue weighted by Crippen LogP contribution is 2.28. The van der Waals surface area contributed by atoms with E-state index in [4.69, 9.17) is 28.4 Å². The summed E-state index contributed by atoms with van der Waals surface area (Å²) >= 11 is 0. The number of aliphatic hydroxyl groups excluding tert-OH is 2. The zero-order valence-corrected chi connectivity index (χ0v) is 26.2. The van der Waals surface area contributed by atoms with Crippen molar-refractivity contribution in [3.8, 4) is 0 Å². The quantitative estimate of drug-likeness (QED) is 0.314. The lowest BCUT2D eigenvalue weighted by molar-refractivity contribution is -0.320. The maximum absolute atomic E-state index is 11.1. The SMILES string of the molecule is CCCCCCCCCCCCO[C@@H]1O[C@H](CO)[C@@H](O)[C@@H]2OCc3cn(nn3)CCOCCOCCn3cc(nn3)CO[C@@H]12. The average Bonchev–Trinajstić information content (AvgIpc) is 3.69. The molecular formula is C30H52N6O8. The molecule has 0 radical (unpaired) electrons. The first-order valence-corrected chi connectivity index (χ1v) is 16.4. The summed E-state index contributed by atoms with van der Waals surface area (Å²) in [6, 6.07) is 0. The first-order valence-electron chi connectivity index (χ1n) is 16.4. The molecule has 44 heavy (non-hydrogen) atoms. The van der Waals surface area contributed by atoms with Crippen molar-refractivity contribution in [2.24, 2.45) is 0 Å². The summed E-state index contributed by atoms with van der Waals surface area (Å²) in [5.74, 6) is 0. The van der Waals surface area contributed by atoms with Gasteiger partial charge in [-0.1, -0.05) is 75.1 Å². The van der Waals surface area contributed by atoms with E-state index < -0.39 is 37.3 Å². The molecule has 2 aliphatic heterocycles. The van der Waals surface area contributed by atoms with Crippen molar-refractivity contribution in [1.29, 1.82) is 0 Å². The van der Waals surface area contributed by atoms with Crippen molar-refractivity contribution < 1.29 is 38.6 Å². The maximum Gasteiger partial charge on any atom is 0.186 e. The molecule has 14 nitrogen and oxygen atoms in total. The van der Waals surface area contributed by atoms with Crippen LogP contribution in [-0.2, 0) is 54.7 Å². The third-order valence-electron chi connectivity index (χ3n) is 7.90. The molecule has 250 valence electrons. The summed E-state index contributed by atoms with van der Waals surface area (Å²) in [5.41, 5.74) is 1.20. The van der Waals surface area contributed by atoms with Crippen LogP contribution in [-0.4, -0.2) is 111 Å². The number of hydrogen-bond acceptors (Lipinski definition) is 12. The Hall–Kier alpha value is -2.04. The predicted octanol–water partition coefficient (Wildman–Crippen LogP) is 2.40. The maximum atomic E-state index is 11.1. The van der Waals surface area contributed by atoms with Crippen LogP contribution < -0.4 is 0 Å². The first kappa shape index (κ1) is 34.8. The zero-order valence-electron chi connectivity index (χ0n) is 26.2. The molecule has 2 aliphatic rings. The summed E-state index contributed by atoms with van der Waals surface area (Å²) < 4.78 is 39.3. The highest BCUT2D eigenvalue weighted by molar-refractivity contribution is 4.96. The Morgan fingerprint density at radius 1 is 0.773 bits per heavy atom. The Bertz CT molecular complexity index is 1030. The second-order valence-corrected chi connectivity index (χ2v) is 11.5. The third-order valence-corrected chi connectivity index (χ3v) is 7.90. The number of rotatable bonds is 13. The second kappa shape index (κ2) is 20.2. The summed E-state index contributed by atoms with van der Waals surface area (Å²) in [5, 5.41) is 37.8. The Balaban J connectivity index is 1.36. The van der Waals surface area contributed by atoms with E-state index in [1.807, 2.05) is 0 Å². The van der Waals surface area contributed by atoms with E-state index in [1.54, 1.807) is 21.8 Å². The van der Waals surface area contributed by atoms with Crippen LogP contribution in [0.1, 0.15) is 82.5 Å². The van der Waals surface area contributed by atoms with Crippen LogP contribution in [0.5, 0.6) is 0 Å². The van der Waals surface area contributed by atoms with Crippen LogP contribution >= 0.6 is 0 Å². The topological polar surface area (TPSA) is 157 Å². The molecule has 5 atom stereocenters. The standard InChI is InChI=1S/C30H52N6O8/c1-2-3-4-5-6-7-8-9-10-11-14-41-30-29-28(27(38)26(21-37)44-30)42-22-24-19-35(33-31-24)12-15-39-17-18-40-16-13-36-20-25(23-43-29)32-34-36/h19-20,26-30,37-38H,2-18,21-23H2,1H3/t26-,27-,28+,29-,30-/m1/s1. The van der Waals surface area contributed by atoms with E-state index >= 15 is 0 Å². The molecule has 0 amide bonds. The normalized spacial score (nSPS) is 25.8. The van der Waals surface area contributed by atoms with Crippen molar-refractivity contribution in [3.63, 3.8) is 0 Å². The van der Waals surface area contributed by atoms with Gasteiger partial charge in [-0.3, -0.25) is 0 Å². The van der Waals surface area contributed by atoms with Crippen LogP contribution in [0.2, 0.25) is 0 Å². The van der Waals surface area contributed by atoms with Crippen molar-refractivity contribution in [2.75, 3.05) is 39.6 Å². The van der Waals surface area contributed by atoms with E-state index in [0.29, 0.717) is 57.5 Å². The molecule has 0 spiro atoms. The minimum atomic E-state index is -1.16. The summed E-state index contributed by atoms with van der Waals surface area (Å²) in [7, 11) is 0. The Morgan fingerprint density at radius 3 is 1.89 bits per heavy atom. The monoisotopic (exact) mass is 624 g/mol. The van der Waals surface area contributed by atoms with Crippen LogP contribution in [0.3, 0.4) is 0 Å².